The Balaban J connectivity index is 1.89. The first kappa shape index (κ1) is 16.2. The van der Waals surface area contributed by atoms with E-state index in [-0.39, 0.29) is 17.9 Å². The second-order valence-electron chi connectivity index (χ2n) is 5.81. The maximum Gasteiger partial charge on any atom is 0.307 e. The van der Waals surface area contributed by atoms with Gasteiger partial charge in [-0.1, -0.05) is 6.92 Å². The summed E-state index contributed by atoms with van der Waals surface area (Å²) in [5.41, 5.74) is 0. The Morgan fingerprint density at radius 2 is 1.81 bits per heavy atom. The lowest BCUT2D eigenvalue weighted by Crippen LogP contribution is -2.48. The van der Waals surface area contributed by atoms with Crippen molar-refractivity contribution in [1.82, 2.24) is 9.21 Å². The fourth-order valence-electron chi connectivity index (χ4n) is 3.11. The Morgan fingerprint density at radius 3 is 2.19 bits per heavy atom. The first-order chi connectivity index (χ1) is 9.75. The van der Waals surface area contributed by atoms with Crippen molar-refractivity contribution in [3.8, 4) is 0 Å². The number of amides is 1. The van der Waals surface area contributed by atoms with Crippen molar-refractivity contribution >= 4 is 21.9 Å². The lowest BCUT2D eigenvalue weighted by atomic mass is 10.0. The van der Waals surface area contributed by atoms with Crippen LogP contribution >= 0.6 is 0 Å². The molecule has 0 spiro atoms. The summed E-state index contributed by atoms with van der Waals surface area (Å²) in [4.78, 5) is 24.6. The van der Waals surface area contributed by atoms with Crippen LogP contribution in [0.3, 0.4) is 0 Å². The summed E-state index contributed by atoms with van der Waals surface area (Å²) in [6, 6.07) is -0.0662. The molecule has 2 fully saturated rings. The van der Waals surface area contributed by atoms with Gasteiger partial charge in [-0.2, -0.15) is 4.31 Å². The van der Waals surface area contributed by atoms with Crippen LogP contribution in [-0.2, 0) is 19.6 Å². The third-order valence-electron chi connectivity index (χ3n) is 4.35. The summed E-state index contributed by atoms with van der Waals surface area (Å²) in [5, 5.41) is 8.86. The fourth-order valence-corrected chi connectivity index (χ4v) is 4.33. The quantitative estimate of drug-likeness (QED) is 0.768. The maximum atomic E-state index is 12.1. The highest BCUT2D eigenvalue weighted by molar-refractivity contribution is 7.88. The summed E-state index contributed by atoms with van der Waals surface area (Å²) >= 11 is 0. The molecule has 8 heteroatoms. The second kappa shape index (κ2) is 5.92. The van der Waals surface area contributed by atoms with Gasteiger partial charge in [0.1, 0.15) is 0 Å². The number of carbonyl (C=O) groups is 2. The molecule has 21 heavy (non-hydrogen) atoms. The van der Waals surface area contributed by atoms with Gasteiger partial charge in [-0.15, -0.1) is 0 Å². The Hall–Kier alpha value is -1.15. The van der Waals surface area contributed by atoms with Crippen molar-refractivity contribution < 1.29 is 23.1 Å². The molecule has 0 aromatic rings. The van der Waals surface area contributed by atoms with E-state index in [9.17, 15) is 18.0 Å². The smallest absolute Gasteiger partial charge is 0.307 e. The molecule has 7 nitrogen and oxygen atoms in total. The lowest BCUT2D eigenvalue weighted by molar-refractivity contribution is -0.142. The van der Waals surface area contributed by atoms with Crippen molar-refractivity contribution in [1.29, 1.82) is 0 Å². The van der Waals surface area contributed by atoms with Gasteiger partial charge in [-0.05, 0) is 19.3 Å². The topological polar surface area (TPSA) is 95.0 Å². The number of hydrogen-bond donors (Lipinski definition) is 1. The van der Waals surface area contributed by atoms with Crippen LogP contribution in [0, 0.1) is 11.8 Å². The van der Waals surface area contributed by atoms with E-state index in [0.717, 1.165) is 0 Å². The van der Waals surface area contributed by atoms with E-state index in [2.05, 4.69) is 0 Å². The average molecular weight is 318 g/mol. The van der Waals surface area contributed by atoms with Gasteiger partial charge in [0.05, 0.1) is 18.1 Å². The van der Waals surface area contributed by atoms with E-state index in [4.69, 9.17) is 5.11 Å². The lowest BCUT2D eigenvalue weighted by Gasteiger charge is -2.37. The monoisotopic (exact) mass is 318 g/mol. The minimum absolute atomic E-state index is 0.0662. The number of aliphatic carboxylic acids is 1. The van der Waals surface area contributed by atoms with Gasteiger partial charge >= 0.3 is 5.97 Å². The summed E-state index contributed by atoms with van der Waals surface area (Å²) in [5.74, 6) is -1.91. The molecule has 1 heterocycles. The molecule has 2 rings (SSSR count). The highest BCUT2D eigenvalue weighted by Gasteiger charge is 2.50. The summed E-state index contributed by atoms with van der Waals surface area (Å²) in [6.07, 6.45) is 2.85. The number of nitrogens with zero attached hydrogens (tertiary/aromatic N) is 2. The van der Waals surface area contributed by atoms with Crippen LogP contribution in [0.1, 0.15) is 26.2 Å². The number of sulfonamides is 1. The minimum atomic E-state index is -3.22. The van der Waals surface area contributed by atoms with E-state index in [1.807, 2.05) is 0 Å². The number of piperidine rings is 1. The number of carbonyl (C=O) groups excluding carboxylic acids is 1. The van der Waals surface area contributed by atoms with Crippen LogP contribution in [-0.4, -0.2) is 66.5 Å². The number of likely N-dealkylation sites (tertiary alicyclic amines) is 1. The van der Waals surface area contributed by atoms with Crippen molar-refractivity contribution in [2.24, 2.45) is 11.8 Å². The van der Waals surface area contributed by atoms with E-state index < -0.39 is 21.9 Å². The highest BCUT2D eigenvalue weighted by Crippen LogP contribution is 2.40. The van der Waals surface area contributed by atoms with Crippen molar-refractivity contribution in [3.05, 3.63) is 0 Å². The molecule has 2 atom stereocenters. The minimum Gasteiger partial charge on any atom is -0.481 e. The summed E-state index contributed by atoms with van der Waals surface area (Å²) in [7, 11) is -3.22. The molecule has 1 N–H and O–H groups in total. The third kappa shape index (κ3) is 3.55. The van der Waals surface area contributed by atoms with Gasteiger partial charge in [-0.3, -0.25) is 9.59 Å². The van der Waals surface area contributed by atoms with Gasteiger partial charge in [0, 0.05) is 25.7 Å². The van der Waals surface area contributed by atoms with E-state index in [0.29, 0.717) is 38.9 Å². The standard InChI is InChI=1S/C13H22N2O5S/c1-3-15(21(2,19)20)9-4-6-14(7-5-9)12(16)10-8-11(10)13(17)18/h9-11H,3-8H2,1-2H3,(H,17,18)/t10-,11-/m0/s1. The van der Waals surface area contributed by atoms with Gasteiger partial charge in [0.25, 0.3) is 0 Å². The zero-order chi connectivity index (χ0) is 15.8. The molecule has 1 saturated carbocycles. The number of hydrogen-bond acceptors (Lipinski definition) is 4. The molecule has 1 aliphatic heterocycles. The SMILES string of the molecule is CCN(C1CCN(C(=O)[C@H]2C[C@@H]2C(=O)O)CC1)S(C)(=O)=O. The molecule has 120 valence electrons. The van der Waals surface area contributed by atoms with Gasteiger partial charge in [0.15, 0.2) is 0 Å². The van der Waals surface area contributed by atoms with E-state index >= 15 is 0 Å². The summed E-state index contributed by atoms with van der Waals surface area (Å²) in [6.45, 7) is 3.23. The molecule has 0 radical (unpaired) electrons. The number of carboxylic acid groups (broad SMARTS) is 1. The van der Waals surface area contributed by atoms with Crippen LogP contribution in [0.15, 0.2) is 0 Å². The van der Waals surface area contributed by atoms with Crippen molar-refractivity contribution in [3.63, 3.8) is 0 Å². The Morgan fingerprint density at radius 1 is 1.24 bits per heavy atom. The molecule has 0 aromatic carbocycles. The molecule has 1 amide bonds. The first-order valence-corrected chi connectivity index (χ1v) is 9.09. The maximum absolute atomic E-state index is 12.1. The van der Waals surface area contributed by atoms with Crippen LogP contribution in [0.2, 0.25) is 0 Å². The fraction of sp³-hybridized carbons (Fsp3) is 0.846. The van der Waals surface area contributed by atoms with Crippen molar-refractivity contribution in [2.45, 2.75) is 32.2 Å². The summed E-state index contributed by atoms with van der Waals surface area (Å²) < 4.78 is 24.9. The Kier molecular flexibility index (Phi) is 4.57. The molecule has 0 aromatic heterocycles. The highest BCUT2D eigenvalue weighted by atomic mass is 32.2. The van der Waals surface area contributed by atoms with Gasteiger partial charge in [0.2, 0.25) is 15.9 Å². The largest absolute Gasteiger partial charge is 0.481 e. The third-order valence-corrected chi connectivity index (χ3v) is 5.75. The van der Waals surface area contributed by atoms with Gasteiger partial charge < -0.3 is 10.0 Å². The Labute approximate surface area is 125 Å². The zero-order valence-corrected chi connectivity index (χ0v) is 13.2. The molecular formula is C13H22N2O5S. The molecule has 1 aliphatic carbocycles. The predicted octanol–water partition coefficient (Wildman–Crippen LogP) is -0.0204. The normalized spacial score (nSPS) is 26.9. The number of rotatable bonds is 5. The Bertz CT molecular complexity index is 525. The van der Waals surface area contributed by atoms with E-state index in [1.165, 1.54) is 10.6 Å². The van der Waals surface area contributed by atoms with Crippen LogP contribution < -0.4 is 0 Å². The van der Waals surface area contributed by atoms with Crippen LogP contribution in [0.4, 0.5) is 0 Å². The predicted molar refractivity (Wildman–Crippen MR) is 76.1 cm³/mol. The zero-order valence-electron chi connectivity index (χ0n) is 12.4. The van der Waals surface area contributed by atoms with Crippen LogP contribution in [0.25, 0.3) is 0 Å². The van der Waals surface area contributed by atoms with Gasteiger partial charge in [-0.25, -0.2) is 8.42 Å². The first-order valence-electron chi connectivity index (χ1n) is 7.24. The van der Waals surface area contributed by atoms with Crippen molar-refractivity contribution in [2.75, 3.05) is 25.9 Å². The molecule has 2 aliphatic rings. The van der Waals surface area contributed by atoms with E-state index in [1.54, 1.807) is 11.8 Å². The molecule has 0 bridgehead atoms. The van der Waals surface area contributed by atoms with Crippen LogP contribution in [0.5, 0.6) is 0 Å². The molecule has 1 saturated heterocycles. The number of carboxylic acids is 1. The second-order valence-corrected chi connectivity index (χ2v) is 7.74. The molecular weight excluding hydrogens is 296 g/mol. The average Bonchev–Trinajstić information content (AvgIpc) is 3.18. The molecule has 0 unspecified atom stereocenters.